The Morgan fingerprint density at radius 3 is 2.73 bits per heavy atom. The summed E-state index contributed by atoms with van der Waals surface area (Å²) in [6.07, 6.45) is 1.54. The number of non-ortho nitro benzene ring substituents is 1. The number of nitro benzene ring substituents is 1. The van der Waals surface area contributed by atoms with Gasteiger partial charge in [-0.3, -0.25) is 14.9 Å². The molecule has 4 aromatic rings. The Morgan fingerprint density at radius 1 is 1.21 bits per heavy atom. The fourth-order valence-electron chi connectivity index (χ4n) is 3.60. The van der Waals surface area contributed by atoms with Gasteiger partial charge < -0.3 is 13.7 Å². The summed E-state index contributed by atoms with van der Waals surface area (Å²) in [5.41, 5.74) is 6.15. The van der Waals surface area contributed by atoms with Crippen LogP contribution < -0.4 is 10.2 Å². The van der Waals surface area contributed by atoms with Crippen LogP contribution in [0.15, 0.2) is 62.5 Å². The number of ether oxygens (including phenoxy) is 1. The Balaban J connectivity index is 1.57. The summed E-state index contributed by atoms with van der Waals surface area (Å²) in [5.74, 6) is 0.0603. The summed E-state index contributed by atoms with van der Waals surface area (Å²) in [4.78, 5) is 23.0. The topological polar surface area (TPSA) is 112 Å². The number of aromatic nitrogens is 1. The number of aryl methyl sites for hydroxylation is 1. The highest BCUT2D eigenvalue weighted by atomic mass is 79.9. The number of carbonyl (C=O) groups excluding carboxylic acids is 1. The van der Waals surface area contributed by atoms with Crippen molar-refractivity contribution in [2.24, 2.45) is 5.10 Å². The summed E-state index contributed by atoms with van der Waals surface area (Å²) in [6, 6.07) is 13.5. The molecule has 9 nitrogen and oxygen atoms in total. The summed E-state index contributed by atoms with van der Waals surface area (Å²) >= 11 is 3.39. The van der Waals surface area contributed by atoms with Gasteiger partial charge in [0.05, 0.1) is 30.0 Å². The number of carbonyl (C=O) groups is 1. The van der Waals surface area contributed by atoms with Crippen LogP contribution in [0.25, 0.3) is 16.7 Å². The molecule has 0 aliphatic carbocycles. The minimum Gasteiger partial charge on any atom is -0.494 e. The number of fused-ring (bicyclic) bond motifs is 1. The van der Waals surface area contributed by atoms with Gasteiger partial charge in [0, 0.05) is 32.9 Å². The minimum absolute atomic E-state index is 0.0551. The van der Waals surface area contributed by atoms with Gasteiger partial charge in [0.15, 0.2) is 5.76 Å². The summed E-state index contributed by atoms with van der Waals surface area (Å²) in [5, 5.41) is 16.0. The van der Waals surface area contributed by atoms with Gasteiger partial charge in [0.1, 0.15) is 11.3 Å². The molecular formula is C23H19BrN4O5. The average molecular weight is 511 g/mol. The van der Waals surface area contributed by atoms with Crippen LogP contribution >= 0.6 is 15.9 Å². The van der Waals surface area contributed by atoms with Gasteiger partial charge in [0.25, 0.3) is 5.69 Å². The largest absolute Gasteiger partial charge is 0.494 e. The lowest BCUT2D eigenvalue weighted by atomic mass is 10.2. The number of hydrogen-bond acceptors (Lipinski definition) is 6. The summed E-state index contributed by atoms with van der Waals surface area (Å²) < 4.78 is 13.7. The standard InChI is InChI=1S/C23H19BrN4O5/c1-13-8-16(14(2)27(13)19-6-5-18(28(30)31)11-21(19)32-3)12-25-26-23(29)22-10-15-9-17(24)4-7-20(15)33-22/h4-12H,1-3H3,(H,26,29)/b25-12-. The Kier molecular flexibility index (Phi) is 6.01. The fraction of sp³-hybridized carbons (Fsp3) is 0.130. The van der Waals surface area contributed by atoms with E-state index in [1.807, 2.05) is 36.6 Å². The molecule has 0 fully saturated rings. The summed E-state index contributed by atoms with van der Waals surface area (Å²) in [7, 11) is 1.46. The fourth-order valence-corrected chi connectivity index (χ4v) is 3.97. The van der Waals surface area contributed by atoms with Gasteiger partial charge in [-0.15, -0.1) is 0 Å². The number of nitro groups is 1. The second kappa shape index (κ2) is 8.91. The Morgan fingerprint density at radius 2 is 2.00 bits per heavy atom. The van der Waals surface area contributed by atoms with Gasteiger partial charge >= 0.3 is 5.91 Å². The molecule has 4 rings (SSSR count). The number of nitrogens with zero attached hydrogens (tertiary/aromatic N) is 3. The molecule has 0 aliphatic heterocycles. The van der Waals surface area contributed by atoms with Crippen LogP contribution in [-0.2, 0) is 0 Å². The Bertz CT molecular complexity index is 1420. The van der Waals surface area contributed by atoms with E-state index in [1.165, 1.54) is 25.5 Å². The Hall–Kier alpha value is -3.92. The zero-order chi connectivity index (χ0) is 23.7. The molecule has 0 aliphatic rings. The van der Waals surface area contributed by atoms with E-state index in [0.717, 1.165) is 26.8 Å². The SMILES string of the molecule is COc1cc([N+](=O)[O-])ccc1-n1c(C)cc(/C=N\NC(=O)c2cc3cc(Br)ccc3o2)c1C. The third kappa shape index (κ3) is 4.37. The molecule has 168 valence electrons. The predicted octanol–water partition coefficient (Wildman–Crippen LogP) is 5.28. The number of hydrogen-bond donors (Lipinski definition) is 1. The van der Waals surface area contributed by atoms with E-state index in [1.54, 1.807) is 18.2 Å². The van der Waals surface area contributed by atoms with Crippen LogP contribution in [-0.4, -0.2) is 28.7 Å². The van der Waals surface area contributed by atoms with Crippen molar-refractivity contribution in [3.8, 4) is 11.4 Å². The first-order valence-electron chi connectivity index (χ1n) is 9.82. The van der Waals surface area contributed by atoms with Crippen LogP contribution in [0.5, 0.6) is 5.75 Å². The molecule has 2 aromatic heterocycles. The second-order valence-corrected chi connectivity index (χ2v) is 8.18. The number of nitrogens with one attached hydrogen (secondary N) is 1. The van der Waals surface area contributed by atoms with Crippen LogP contribution in [0, 0.1) is 24.0 Å². The Labute approximate surface area is 196 Å². The average Bonchev–Trinajstić information content (AvgIpc) is 3.33. The summed E-state index contributed by atoms with van der Waals surface area (Å²) in [6.45, 7) is 3.78. The van der Waals surface area contributed by atoms with Crippen LogP contribution in [0.4, 0.5) is 5.69 Å². The lowest BCUT2D eigenvalue weighted by Gasteiger charge is -2.13. The van der Waals surface area contributed by atoms with Gasteiger partial charge in [-0.2, -0.15) is 5.10 Å². The first-order chi connectivity index (χ1) is 15.8. The lowest BCUT2D eigenvalue weighted by Crippen LogP contribution is -2.16. The quantitative estimate of drug-likeness (QED) is 0.215. The molecule has 1 N–H and O–H groups in total. The van der Waals surface area contributed by atoms with Crippen molar-refractivity contribution in [1.29, 1.82) is 0 Å². The van der Waals surface area contributed by atoms with Crippen molar-refractivity contribution in [1.82, 2.24) is 9.99 Å². The molecule has 0 atom stereocenters. The van der Waals surface area contributed by atoms with E-state index >= 15 is 0 Å². The van der Waals surface area contributed by atoms with Crippen molar-refractivity contribution >= 4 is 44.7 Å². The molecule has 2 heterocycles. The van der Waals surface area contributed by atoms with Crippen molar-refractivity contribution in [3.63, 3.8) is 0 Å². The number of halogens is 1. The van der Waals surface area contributed by atoms with E-state index in [0.29, 0.717) is 17.0 Å². The zero-order valence-corrected chi connectivity index (χ0v) is 19.5. The van der Waals surface area contributed by atoms with Gasteiger partial charge in [-0.05, 0) is 50.2 Å². The van der Waals surface area contributed by atoms with Crippen LogP contribution in [0.1, 0.15) is 27.5 Å². The number of methoxy groups -OCH3 is 1. The maximum Gasteiger partial charge on any atom is 0.307 e. The van der Waals surface area contributed by atoms with E-state index in [-0.39, 0.29) is 11.4 Å². The maximum atomic E-state index is 12.4. The molecule has 0 radical (unpaired) electrons. The molecule has 0 saturated heterocycles. The smallest absolute Gasteiger partial charge is 0.307 e. The minimum atomic E-state index is -0.469. The molecular weight excluding hydrogens is 492 g/mol. The molecule has 0 bridgehead atoms. The molecule has 10 heteroatoms. The van der Waals surface area contributed by atoms with E-state index in [9.17, 15) is 14.9 Å². The number of hydrazone groups is 1. The predicted molar refractivity (Wildman–Crippen MR) is 127 cm³/mol. The number of benzene rings is 2. The van der Waals surface area contributed by atoms with E-state index in [2.05, 4.69) is 26.5 Å². The third-order valence-corrected chi connectivity index (χ3v) is 5.65. The van der Waals surface area contributed by atoms with Crippen molar-refractivity contribution in [2.75, 3.05) is 7.11 Å². The molecule has 0 spiro atoms. The van der Waals surface area contributed by atoms with Crippen molar-refractivity contribution in [2.45, 2.75) is 13.8 Å². The molecule has 1 amide bonds. The molecule has 33 heavy (non-hydrogen) atoms. The second-order valence-electron chi connectivity index (χ2n) is 7.27. The number of furan rings is 1. The van der Waals surface area contributed by atoms with E-state index < -0.39 is 10.8 Å². The highest BCUT2D eigenvalue weighted by Crippen LogP contribution is 2.31. The highest BCUT2D eigenvalue weighted by molar-refractivity contribution is 9.10. The molecule has 0 unspecified atom stereocenters. The van der Waals surface area contributed by atoms with Crippen molar-refractivity contribution < 1.29 is 18.9 Å². The highest BCUT2D eigenvalue weighted by Gasteiger charge is 2.17. The normalized spacial score (nSPS) is 11.3. The third-order valence-electron chi connectivity index (χ3n) is 5.16. The zero-order valence-electron chi connectivity index (χ0n) is 18.0. The molecule has 0 saturated carbocycles. The maximum absolute atomic E-state index is 12.4. The van der Waals surface area contributed by atoms with Crippen LogP contribution in [0.3, 0.4) is 0 Å². The number of rotatable bonds is 6. The van der Waals surface area contributed by atoms with Crippen LogP contribution in [0.2, 0.25) is 0 Å². The number of amides is 1. The van der Waals surface area contributed by atoms with Crippen molar-refractivity contribution in [3.05, 3.63) is 85.8 Å². The van der Waals surface area contributed by atoms with Gasteiger partial charge in [-0.1, -0.05) is 15.9 Å². The van der Waals surface area contributed by atoms with E-state index in [4.69, 9.17) is 9.15 Å². The monoisotopic (exact) mass is 510 g/mol. The lowest BCUT2D eigenvalue weighted by molar-refractivity contribution is -0.384. The van der Waals surface area contributed by atoms with Gasteiger partial charge in [-0.25, -0.2) is 5.43 Å². The molecule has 2 aromatic carbocycles. The first-order valence-corrected chi connectivity index (χ1v) is 10.6. The van der Waals surface area contributed by atoms with Gasteiger partial charge in [0.2, 0.25) is 0 Å². The first kappa shape index (κ1) is 22.3.